The minimum absolute atomic E-state index is 0. The Hall–Kier alpha value is 0.620. The number of nitrogens with one attached hydrogen (secondary N) is 1. The number of carbonyl (C=O) groups is 2. The number of carboxylic acids is 1. The summed E-state index contributed by atoms with van der Waals surface area (Å²) >= 11 is 3.97. The van der Waals surface area contributed by atoms with Gasteiger partial charge in [0.25, 0.3) is 0 Å². The van der Waals surface area contributed by atoms with Crippen LogP contribution in [0, 0.1) is 7.14 Å². The summed E-state index contributed by atoms with van der Waals surface area (Å²) in [7, 11) is 0. The van der Waals surface area contributed by atoms with E-state index in [1.807, 2.05) is 45.2 Å². The fraction of sp³-hybridized carbons (Fsp3) is 0.111. The number of halogens is 2. The second kappa shape index (κ2) is 7.14. The van der Waals surface area contributed by atoms with Gasteiger partial charge in [0.15, 0.2) is 0 Å². The molecule has 7 heteroatoms. The zero-order valence-electron chi connectivity index (χ0n) is 8.64. The fourth-order valence-electron chi connectivity index (χ4n) is 1.04. The number of amides is 1. The second-order valence-electron chi connectivity index (χ2n) is 2.78. The molecule has 1 aromatic carbocycles. The molecule has 0 spiro atoms. The van der Waals surface area contributed by atoms with Crippen LogP contribution in [0.3, 0.4) is 0 Å². The molecule has 1 rings (SSSR count). The van der Waals surface area contributed by atoms with E-state index in [2.05, 4.69) is 5.32 Å². The summed E-state index contributed by atoms with van der Waals surface area (Å²) in [6.07, 6.45) is 0. The minimum Gasteiger partial charge on any atom is -0.545 e. The normalized spacial score (nSPS) is 9.19. The zero-order chi connectivity index (χ0) is 11.6. The number of hydrogen-bond acceptors (Lipinski definition) is 3. The molecule has 0 bridgehead atoms. The first-order chi connectivity index (χ1) is 6.91. The van der Waals surface area contributed by atoms with E-state index in [4.69, 9.17) is 0 Å². The number of anilines is 1. The Kier molecular flexibility index (Phi) is 7.42. The summed E-state index contributed by atoms with van der Waals surface area (Å²) in [6, 6.07) is 3.24. The molecular formula is C9H6I2NNaO3. The SMILES string of the molecule is CC(=O)Nc1c(I)cc(I)cc1C(=O)[O-].[Na+]. The summed E-state index contributed by atoms with van der Waals surface area (Å²) in [6.45, 7) is 1.33. The van der Waals surface area contributed by atoms with E-state index in [1.54, 1.807) is 6.07 Å². The number of carbonyl (C=O) groups excluding carboxylic acids is 2. The Labute approximate surface area is 142 Å². The first-order valence-corrected chi connectivity index (χ1v) is 6.05. The number of hydrogen-bond donors (Lipinski definition) is 1. The van der Waals surface area contributed by atoms with Crippen LogP contribution in [0.4, 0.5) is 5.69 Å². The maximum atomic E-state index is 10.9. The van der Waals surface area contributed by atoms with Gasteiger partial charge < -0.3 is 15.2 Å². The first-order valence-electron chi connectivity index (χ1n) is 3.90. The maximum Gasteiger partial charge on any atom is 1.00 e. The van der Waals surface area contributed by atoms with Crippen molar-refractivity contribution < 1.29 is 44.3 Å². The molecule has 0 aliphatic heterocycles. The molecule has 1 N–H and O–H groups in total. The van der Waals surface area contributed by atoms with Crippen molar-refractivity contribution in [2.75, 3.05) is 5.32 Å². The van der Waals surface area contributed by atoms with Crippen LogP contribution in [-0.4, -0.2) is 11.9 Å². The molecule has 4 nitrogen and oxygen atoms in total. The van der Waals surface area contributed by atoms with Crippen molar-refractivity contribution >= 4 is 62.7 Å². The molecule has 0 heterocycles. The molecule has 0 radical (unpaired) electrons. The Morgan fingerprint density at radius 3 is 2.31 bits per heavy atom. The number of rotatable bonds is 2. The molecule has 0 aliphatic carbocycles. The van der Waals surface area contributed by atoms with E-state index >= 15 is 0 Å². The Morgan fingerprint density at radius 2 is 1.88 bits per heavy atom. The Morgan fingerprint density at radius 1 is 1.31 bits per heavy atom. The van der Waals surface area contributed by atoms with Crippen LogP contribution in [0.15, 0.2) is 12.1 Å². The van der Waals surface area contributed by atoms with E-state index in [0.29, 0.717) is 9.26 Å². The Bertz CT molecular complexity index is 437. The van der Waals surface area contributed by atoms with Gasteiger partial charge in [0.05, 0.1) is 11.7 Å². The quantitative estimate of drug-likeness (QED) is 0.426. The zero-order valence-corrected chi connectivity index (χ0v) is 15.0. The average Bonchev–Trinajstić information content (AvgIpc) is 2.08. The van der Waals surface area contributed by atoms with Crippen molar-refractivity contribution in [1.82, 2.24) is 0 Å². The molecule has 0 unspecified atom stereocenters. The van der Waals surface area contributed by atoms with E-state index in [0.717, 1.165) is 3.57 Å². The maximum absolute atomic E-state index is 10.9. The van der Waals surface area contributed by atoms with Gasteiger partial charge in [0.1, 0.15) is 0 Å². The monoisotopic (exact) mass is 453 g/mol. The molecule has 0 fully saturated rings. The van der Waals surface area contributed by atoms with Gasteiger partial charge >= 0.3 is 29.6 Å². The third kappa shape index (κ3) is 4.47. The van der Waals surface area contributed by atoms with Gasteiger partial charge in [0.2, 0.25) is 5.91 Å². The third-order valence-corrected chi connectivity index (χ3v) is 3.05. The van der Waals surface area contributed by atoms with Gasteiger partial charge in [-0.2, -0.15) is 0 Å². The van der Waals surface area contributed by atoms with Crippen LogP contribution >= 0.6 is 45.2 Å². The van der Waals surface area contributed by atoms with Crippen molar-refractivity contribution in [1.29, 1.82) is 0 Å². The molecule has 0 saturated carbocycles. The first kappa shape index (κ1) is 16.6. The van der Waals surface area contributed by atoms with Crippen molar-refractivity contribution in [3.05, 3.63) is 24.8 Å². The molecule has 1 aromatic rings. The topological polar surface area (TPSA) is 69.2 Å². The minimum atomic E-state index is -1.30. The predicted molar refractivity (Wildman–Crippen MR) is 70.5 cm³/mol. The molecule has 0 aliphatic rings. The average molecular weight is 453 g/mol. The standard InChI is InChI=1S/C9H7I2NO3.Na/c1-4(13)12-8-6(9(14)15)2-5(10)3-7(8)11;/h2-3H,1H3,(H,12,13)(H,14,15);/q;+1/p-1. The van der Waals surface area contributed by atoms with Crippen LogP contribution in [0.1, 0.15) is 17.3 Å². The third-order valence-electron chi connectivity index (χ3n) is 1.58. The van der Waals surface area contributed by atoms with E-state index in [1.165, 1.54) is 13.0 Å². The van der Waals surface area contributed by atoms with Gasteiger partial charge in [0, 0.05) is 19.6 Å². The van der Waals surface area contributed by atoms with Crippen LogP contribution in [0.2, 0.25) is 0 Å². The van der Waals surface area contributed by atoms with Crippen LogP contribution in [0.25, 0.3) is 0 Å². The van der Waals surface area contributed by atoms with Crippen molar-refractivity contribution in [2.24, 2.45) is 0 Å². The summed E-state index contributed by atoms with van der Waals surface area (Å²) in [5.41, 5.74) is 0.296. The van der Waals surface area contributed by atoms with Crippen molar-refractivity contribution in [3.63, 3.8) is 0 Å². The van der Waals surface area contributed by atoms with Gasteiger partial charge in [-0.25, -0.2) is 0 Å². The number of carboxylic acid groups (broad SMARTS) is 1. The van der Waals surface area contributed by atoms with Crippen LogP contribution in [-0.2, 0) is 4.79 Å². The van der Waals surface area contributed by atoms with Crippen LogP contribution in [0.5, 0.6) is 0 Å². The Balaban J connectivity index is 0.00000225. The smallest absolute Gasteiger partial charge is 0.545 e. The van der Waals surface area contributed by atoms with E-state index in [-0.39, 0.29) is 41.0 Å². The van der Waals surface area contributed by atoms with E-state index < -0.39 is 5.97 Å². The largest absolute Gasteiger partial charge is 1.00 e. The van der Waals surface area contributed by atoms with Gasteiger partial charge in [-0.15, -0.1) is 0 Å². The van der Waals surface area contributed by atoms with Gasteiger partial charge in [-0.05, 0) is 57.3 Å². The molecule has 80 valence electrons. The predicted octanol–water partition coefficient (Wildman–Crippen LogP) is -1.78. The van der Waals surface area contributed by atoms with Crippen LogP contribution < -0.4 is 40.0 Å². The fourth-order valence-corrected chi connectivity index (χ4v) is 3.02. The summed E-state index contributed by atoms with van der Waals surface area (Å²) < 4.78 is 1.46. The summed E-state index contributed by atoms with van der Waals surface area (Å²) in [4.78, 5) is 21.7. The molecular weight excluding hydrogens is 447 g/mol. The molecule has 0 atom stereocenters. The van der Waals surface area contributed by atoms with Gasteiger partial charge in [-0.3, -0.25) is 4.79 Å². The summed E-state index contributed by atoms with van der Waals surface area (Å²) in [5, 5.41) is 13.3. The number of aromatic carboxylic acids is 1. The number of benzene rings is 1. The van der Waals surface area contributed by atoms with Crippen molar-refractivity contribution in [2.45, 2.75) is 6.92 Å². The molecule has 0 saturated heterocycles. The second-order valence-corrected chi connectivity index (χ2v) is 5.19. The molecule has 0 aromatic heterocycles. The molecule has 16 heavy (non-hydrogen) atoms. The summed E-state index contributed by atoms with van der Waals surface area (Å²) in [5.74, 6) is -1.60. The van der Waals surface area contributed by atoms with E-state index in [9.17, 15) is 14.7 Å². The molecule has 1 amide bonds. The van der Waals surface area contributed by atoms with Gasteiger partial charge in [-0.1, -0.05) is 0 Å². The van der Waals surface area contributed by atoms with Crippen molar-refractivity contribution in [3.8, 4) is 0 Å².